The zero-order valence-corrected chi connectivity index (χ0v) is 16.3. The number of rotatable bonds is 6. The highest BCUT2D eigenvalue weighted by atomic mass is 16.5. The Balaban J connectivity index is 1.37. The average Bonchev–Trinajstić information content (AvgIpc) is 2.64. The lowest BCUT2D eigenvalue weighted by molar-refractivity contribution is -0.196. The van der Waals surface area contributed by atoms with E-state index in [-0.39, 0.29) is 12.6 Å². The minimum atomic E-state index is -0.734. The van der Waals surface area contributed by atoms with Crippen LogP contribution in [0.3, 0.4) is 0 Å². The molecule has 28 heavy (non-hydrogen) atoms. The number of hydrogen-bond acceptors (Lipinski definition) is 6. The van der Waals surface area contributed by atoms with Gasteiger partial charge in [0.15, 0.2) is 6.61 Å². The second-order valence-corrected chi connectivity index (χ2v) is 8.66. The molecule has 2 unspecified atom stereocenters. The maximum atomic E-state index is 12.8. The number of ether oxygens (including phenoxy) is 3. The molecule has 5 rings (SSSR count). The number of aliphatic hydroxyl groups is 1. The number of nitrogens with one attached hydrogen (secondary N) is 1. The van der Waals surface area contributed by atoms with Gasteiger partial charge in [0, 0.05) is 6.07 Å². The molecular formula is C21H27NO6. The molecule has 152 valence electrons. The standard InChI is InChI=1S/C21H27NO6/c1-26-15-3-4-16(17(6-15)27-2)22-18(23)11-28-19(24)20-7-13-5-14(8-20)10-21(25,9-13)12-20/h3-4,6,13-14,25H,5,7-12H2,1-2H3,(H,22,23). The molecule has 0 aliphatic heterocycles. The van der Waals surface area contributed by atoms with Crippen molar-refractivity contribution in [2.24, 2.45) is 17.3 Å². The Morgan fingerprint density at radius 2 is 1.86 bits per heavy atom. The second kappa shape index (κ2) is 6.95. The van der Waals surface area contributed by atoms with Crippen molar-refractivity contribution in [3.05, 3.63) is 18.2 Å². The van der Waals surface area contributed by atoms with Crippen LogP contribution in [-0.4, -0.2) is 43.4 Å². The minimum Gasteiger partial charge on any atom is -0.497 e. The smallest absolute Gasteiger partial charge is 0.312 e. The lowest BCUT2D eigenvalue weighted by Gasteiger charge is -2.58. The number of methoxy groups -OCH3 is 2. The SMILES string of the molecule is COc1ccc(NC(=O)COC(=O)C23CC4CC(CC(O)(C4)C2)C3)c(OC)c1. The van der Waals surface area contributed by atoms with Crippen LogP contribution in [0.1, 0.15) is 38.5 Å². The summed E-state index contributed by atoms with van der Waals surface area (Å²) in [6.45, 7) is -0.358. The first kappa shape index (κ1) is 19.1. The summed E-state index contributed by atoms with van der Waals surface area (Å²) in [5.74, 6) is 1.06. The predicted molar refractivity (Wildman–Crippen MR) is 101 cm³/mol. The van der Waals surface area contributed by atoms with Gasteiger partial charge >= 0.3 is 5.97 Å². The Labute approximate surface area is 164 Å². The molecular weight excluding hydrogens is 362 g/mol. The molecule has 2 atom stereocenters. The molecule has 4 bridgehead atoms. The third-order valence-electron chi connectivity index (χ3n) is 6.48. The number of anilines is 1. The Hall–Kier alpha value is -2.28. The fraction of sp³-hybridized carbons (Fsp3) is 0.619. The molecule has 4 saturated carbocycles. The molecule has 0 aromatic heterocycles. The van der Waals surface area contributed by atoms with E-state index in [1.54, 1.807) is 25.3 Å². The molecule has 4 aliphatic rings. The molecule has 1 aromatic carbocycles. The van der Waals surface area contributed by atoms with Gasteiger partial charge in [-0.25, -0.2) is 0 Å². The summed E-state index contributed by atoms with van der Waals surface area (Å²) in [5, 5.41) is 13.5. The highest BCUT2D eigenvalue weighted by Crippen LogP contribution is 2.61. The van der Waals surface area contributed by atoms with E-state index < -0.39 is 16.9 Å². The first-order chi connectivity index (χ1) is 13.3. The summed E-state index contributed by atoms with van der Waals surface area (Å²) in [4.78, 5) is 25.2. The molecule has 0 spiro atoms. The van der Waals surface area contributed by atoms with Crippen molar-refractivity contribution in [1.29, 1.82) is 0 Å². The third-order valence-corrected chi connectivity index (χ3v) is 6.48. The maximum Gasteiger partial charge on any atom is 0.312 e. The average molecular weight is 389 g/mol. The second-order valence-electron chi connectivity index (χ2n) is 8.66. The fourth-order valence-corrected chi connectivity index (χ4v) is 5.83. The van der Waals surface area contributed by atoms with Gasteiger partial charge in [0.25, 0.3) is 5.91 Å². The van der Waals surface area contributed by atoms with Crippen LogP contribution >= 0.6 is 0 Å². The van der Waals surface area contributed by atoms with Gasteiger partial charge in [-0.15, -0.1) is 0 Å². The van der Waals surface area contributed by atoms with Gasteiger partial charge in [0.1, 0.15) is 11.5 Å². The summed E-state index contributed by atoms with van der Waals surface area (Å²) in [5.41, 5.74) is -0.882. The lowest BCUT2D eigenvalue weighted by Crippen LogP contribution is -2.58. The van der Waals surface area contributed by atoms with Gasteiger partial charge in [-0.3, -0.25) is 9.59 Å². The summed E-state index contributed by atoms with van der Waals surface area (Å²) in [6.07, 6.45) is 4.65. The van der Waals surface area contributed by atoms with E-state index in [1.807, 2.05) is 0 Å². The van der Waals surface area contributed by atoms with Crippen LogP contribution in [0.5, 0.6) is 11.5 Å². The van der Waals surface area contributed by atoms with Crippen LogP contribution in [0, 0.1) is 17.3 Å². The number of amides is 1. The van der Waals surface area contributed by atoms with Crippen LogP contribution in [0.2, 0.25) is 0 Å². The quantitative estimate of drug-likeness (QED) is 0.726. The minimum absolute atomic E-state index is 0.350. The molecule has 0 heterocycles. The molecule has 4 fully saturated rings. The van der Waals surface area contributed by atoms with Gasteiger partial charge < -0.3 is 24.6 Å². The molecule has 1 amide bonds. The fourth-order valence-electron chi connectivity index (χ4n) is 5.83. The summed E-state index contributed by atoms with van der Waals surface area (Å²) < 4.78 is 15.8. The van der Waals surface area contributed by atoms with E-state index >= 15 is 0 Å². The highest BCUT2D eigenvalue weighted by Gasteiger charge is 2.60. The van der Waals surface area contributed by atoms with E-state index in [4.69, 9.17) is 14.2 Å². The monoisotopic (exact) mass is 389 g/mol. The Kier molecular flexibility index (Phi) is 4.73. The molecule has 1 aromatic rings. The lowest BCUT2D eigenvalue weighted by atomic mass is 9.48. The molecule has 7 nitrogen and oxygen atoms in total. The third kappa shape index (κ3) is 3.43. The van der Waals surface area contributed by atoms with E-state index in [9.17, 15) is 14.7 Å². The van der Waals surface area contributed by atoms with Crippen molar-refractivity contribution in [3.8, 4) is 11.5 Å². The van der Waals surface area contributed by atoms with E-state index in [0.29, 0.717) is 35.4 Å². The Morgan fingerprint density at radius 1 is 1.14 bits per heavy atom. The van der Waals surface area contributed by atoms with Crippen molar-refractivity contribution in [2.75, 3.05) is 26.1 Å². The van der Waals surface area contributed by atoms with Gasteiger partial charge in [0.05, 0.1) is 30.9 Å². The van der Waals surface area contributed by atoms with Gasteiger partial charge in [-0.1, -0.05) is 0 Å². The molecule has 7 heteroatoms. The maximum absolute atomic E-state index is 12.8. The van der Waals surface area contributed by atoms with Crippen molar-refractivity contribution in [3.63, 3.8) is 0 Å². The molecule has 0 saturated heterocycles. The Bertz CT molecular complexity index is 777. The topological polar surface area (TPSA) is 94.1 Å². The van der Waals surface area contributed by atoms with Crippen molar-refractivity contribution in [2.45, 2.75) is 44.1 Å². The molecule has 4 aliphatic carbocycles. The van der Waals surface area contributed by atoms with Gasteiger partial charge in [-0.05, 0) is 62.5 Å². The largest absolute Gasteiger partial charge is 0.497 e. The van der Waals surface area contributed by atoms with Gasteiger partial charge in [0.2, 0.25) is 0 Å². The number of esters is 1. The number of carbonyl (C=O) groups excluding carboxylic acids is 2. The summed E-state index contributed by atoms with van der Waals surface area (Å²) in [7, 11) is 3.05. The van der Waals surface area contributed by atoms with E-state index in [1.165, 1.54) is 7.11 Å². The van der Waals surface area contributed by atoms with Crippen LogP contribution in [0.15, 0.2) is 18.2 Å². The summed E-state index contributed by atoms with van der Waals surface area (Å²) in [6, 6.07) is 5.05. The van der Waals surface area contributed by atoms with E-state index in [0.717, 1.165) is 32.1 Å². The van der Waals surface area contributed by atoms with Crippen LogP contribution in [0.25, 0.3) is 0 Å². The Morgan fingerprint density at radius 3 is 2.46 bits per heavy atom. The van der Waals surface area contributed by atoms with Crippen LogP contribution in [0.4, 0.5) is 5.69 Å². The number of hydrogen-bond donors (Lipinski definition) is 2. The normalized spacial score (nSPS) is 32.7. The van der Waals surface area contributed by atoms with E-state index in [2.05, 4.69) is 5.32 Å². The van der Waals surface area contributed by atoms with Crippen molar-refractivity contribution in [1.82, 2.24) is 0 Å². The summed E-state index contributed by atoms with van der Waals surface area (Å²) >= 11 is 0. The predicted octanol–water partition coefficient (Wildman–Crippen LogP) is 2.52. The molecule has 0 radical (unpaired) electrons. The van der Waals surface area contributed by atoms with Crippen LogP contribution in [-0.2, 0) is 14.3 Å². The number of benzene rings is 1. The highest BCUT2D eigenvalue weighted by molar-refractivity contribution is 5.94. The first-order valence-electron chi connectivity index (χ1n) is 9.76. The van der Waals surface area contributed by atoms with Crippen molar-refractivity contribution >= 4 is 17.6 Å². The zero-order valence-electron chi connectivity index (χ0n) is 16.3. The van der Waals surface area contributed by atoms with Gasteiger partial charge in [-0.2, -0.15) is 0 Å². The first-order valence-corrected chi connectivity index (χ1v) is 9.76. The number of carbonyl (C=O) groups is 2. The van der Waals surface area contributed by atoms with Crippen molar-refractivity contribution < 1.29 is 28.9 Å². The molecule has 2 N–H and O–H groups in total. The zero-order chi connectivity index (χ0) is 19.9. The van der Waals surface area contributed by atoms with Crippen LogP contribution < -0.4 is 14.8 Å².